The van der Waals surface area contributed by atoms with Gasteiger partial charge in [0.2, 0.25) is 17.7 Å². The minimum absolute atomic E-state index is 0.0272. The lowest BCUT2D eigenvalue weighted by Crippen LogP contribution is -2.50. The van der Waals surface area contributed by atoms with Crippen LogP contribution in [0, 0.1) is 0 Å². The zero-order chi connectivity index (χ0) is 17.7. The van der Waals surface area contributed by atoms with Crippen LogP contribution in [-0.2, 0) is 14.4 Å². The van der Waals surface area contributed by atoms with Crippen LogP contribution in [-0.4, -0.2) is 53.7 Å². The van der Waals surface area contributed by atoms with E-state index in [4.69, 9.17) is 11.6 Å². The summed E-state index contributed by atoms with van der Waals surface area (Å²) in [6, 6.07) is 6.70. The number of amides is 3. The number of piperazine rings is 1. The van der Waals surface area contributed by atoms with Gasteiger partial charge in [-0.1, -0.05) is 23.7 Å². The van der Waals surface area contributed by atoms with Gasteiger partial charge in [-0.25, -0.2) is 0 Å². The fraction of sp³-hybridized carbons (Fsp3) is 0.471. The lowest BCUT2D eigenvalue weighted by atomic mass is 10.0. The summed E-state index contributed by atoms with van der Waals surface area (Å²) in [6.07, 6.45) is 0.182. The predicted molar refractivity (Wildman–Crippen MR) is 91.5 cm³/mol. The third kappa shape index (κ3) is 4.96. The molecular formula is C17H22ClN3O3. The molecule has 0 saturated carbocycles. The van der Waals surface area contributed by atoms with Crippen molar-refractivity contribution in [3.8, 4) is 0 Å². The summed E-state index contributed by atoms with van der Waals surface area (Å²) < 4.78 is 0. The van der Waals surface area contributed by atoms with Gasteiger partial charge in [-0.2, -0.15) is 0 Å². The van der Waals surface area contributed by atoms with Crippen LogP contribution in [0.2, 0.25) is 5.02 Å². The molecule has 1 aromatic carbocycles. The molecule has 24 heavy (non-hydrogen) atoms. The standard InChI is InChI=1S/C17H22ClN3O3/c1-12(22)19-16(14-3-5-15(18)6-4-14)11-17(24)21-9-7-20(8-10-21)13(2)23/h3-6,16H,7-11H2,1-2H3,(H,19,22). The molecule has 1 unspecified atom stereocenters. The highest BCUT2D eigenvalue weighted by molar-refractivity contribution is 6.30. The van der Waals surface area contributed by atoms with Crippen LogP contribution in [0.15, 0.2) is 24.3 Å². The van der Waals surface area contributed by atoms with Gasteiger partial charge in [0.25, 0.3) is 0 Å². The average Bonchev–Trinajstić information content (AvgIpc) is 2.54. The van der Waals surface area contributed by atoms with E-state index in [-0.39, 0.29) is 24.1 Å². The first kappa shape index (κ1) is 18.3. The molecule has 0 aromatic heterocycles. The first-order valence-electron chi connectivity index (χ1n) is 7.92. The van der Waals surface area contributed by atoms with Crippen LogP contribution >= 0.6 is 11.6 Å². The minimum atomic E-state index is -0.391. The van der Waals surface area contributed by atoms with Gasteiger partial charge in [0.1, 0.15) is 0 Å². The van der Waals surface area contributed by atoms with Crippen LogP contribution in [0.5, 0.6) is 0 Å². The summed E-state index contributed by atoms with van der Waals surface area (Å²) in [5, 5.41) is 3.42. The number of nitrogens with one attached hydrogen (secondary N) is 1. The Morgan fingerprint density at radius 2 is 1.58 bits per heavy atom. The van der Waals surface area contributed by atoms with Gasteiger partial charge in [-0.3, -0.25) is 14.4 Å². The number of benzene rings is 1. The van der Waals surface area contributed by atoms with E-state index in [1.807, 2.05) is 12.1 Å². The Balaban J connectivity index is 2.01. The number of nitrogens with zero attached hydrogens (tertiary/aromatic N) is 2. The SMILES string of the molecule is CC(=O)NC(CC(=O)N1CCN(C(C)=O)CC1)c1ccc(Cl)cc1. The molecule has 0 bridgehead atoms. The maximum Gasteiger partial charge on any atom is 0.225 e. The lowest BCUT2D eigenvalue weighted by molar-refractivity contribution is -0.139. The number of rotatable bonds is 4. The van der Waals surface area contributed by atoms with E-state index < -0.39 is 6.04 Å². The van der Waals surface area contributed by atoms with Crippen molar-refractivity contribution in [2.45, 2.75) is 26.3 Å². The number of halogens is 1. The molecule has 1 N–H and O–H groups in total. The molecule has 6 nitrogen and oxygen atoms in total. The van der Waals surface area contributed by atoms with Crippen molar-refractivity contribution in [3.05, 3.63) is 34.9 Å². The molecule has 130 valence electrons. The molecule has 1 heterocycles. The van der Waals surface area contributed by atoms with Gasteiger partial charge in [0.05, 0.1) is 12.5 Å². The van der Waals surface area contributed by atoms with E-state index in [0.717, 1.165) is 5.56 Å². The van der Waals surface area contributed by atoms with Gasteiger partial charge in [-0.05, 0) is 17.7 Å². The Hall–Kier alpha value is -2.08. The predicted octanol–water partition coefficient (Wildman–Crippen LogP) is 1.60. The maximum atomic E-state index is 12.6. The monoisotopic (exact) mass is 351 g/mol. The van der Waals surface area contributed by atoms with Crippen LogP contribution in [0.4, 0.5) is 0 Å². The fourth-order valence-corrected chi connectivity index (χ4v) is 2.89. The number of carbonyl (C=O) groups is 3. The fourth-order valence-electron chi connectivity index (χ4n) is 2.77. The third-order valence-electron chi connectivity index (χ3n) is 4.11. The molecule has 1 atom stereocenters. The number of hydrogen-bond acceptors (Lipinski definition) is 3. The van der Waals surface area contributed by atoms with E-state index in [1.54, 1.807) is 21.9 Å². The summed E-state index contributed by atoms with van der Waals surface area (Å²) in [7, 11) is 0. The Kier molecular flexibility index (Phi) is 6.20. The topological polar surface area (TPSA) is 69.7 Å². The third-order valence-corrected chi connectivity index (χ3v) is 4.36. The second-order valence-corrected chi connectivity index (χ2v) is 6.33. The number of hydrogen-bond donors (Lipinski definition) is 1. The van der Waals surface area contributed by atoms with Crippen molar-refractivity contribution in [2.75, 3.05) is 26.2 Å². The van der Waals surface area contributed by atoms with Crippen molar-refractivity contribution in [3.63, 3.8) is 0 Å². The van der Waals surface area contributed by atoms with Crippen LogP contribution in [0.1, 0.15) is 31.9 Å². The first-order chi connectivity index (χ1) is 11.4. The number of carbonyl (C=O) groups excluding carboxylic acids is 3. The highest BCUT2D eigenvalue weighted by Crippen LogP contribution is 2.21. The first-order valence-corrected chi connectivity index (χ1v) is 8.30. The lowest BCUT2D eigenvalue weighted by Gasteiger charge is -2.35. The molecule has 7 heteroatoms. The maximum absolute atomic E-state index is 12.6. The van der Waals surface area contributed by atoms with E-state index in [9.17, 15) is 14.4 Å². The molecule has 2 rings (SSSR count). The molecule has 1 aliphatic rings. The second-order valence-electron chi connectivity index (χ2n) is 5.90. The molecule has 1 aromatic rings. The van der Waals surface area contributed by atoms with Crippen LogP contribution in [0.3, 0.4) is 0 Å². The quantitative estimate of drug-likeness (QED) is 0.895. The van der Waals surface area contributed by atoms with Crippen LogP contribution in [0.25, 0.3) is 0 Å². The van der Waals surface area contributed by atoms with E-state index >= 15 is 0 Å². The normalized spacial score (nSPS) is 15.8. The van der Waals surface area contributed by atoms with Crippen molar-refractivity contribution < 1.29 is 14.4 Å². The Morgan fingerprint density at radius 1 is 1.04 bits per heavy atom. The van der Waals surface area contributed by atoms with Crippen molar-refractivity contribution in [1.82, 2.24) is 15.1 Å². The molecule has 3 amide bonds. The van der Waals surface area contributed by atoms with Gasteiger partial charge < -0.3 is 15.1 Å². The second kappa shape index (κ2) is 8.15. The van der Waals surface area contributed by atoms with E-state index in [1.165, 1.54) is 13.8 Å². The minimum Gasteiger partial charge on any atom is -0.349 e. The molecular weight excluding hydrogens is 330 g/mol. The van der Waals surface area contributed by atoms with Crippen LogP contribution < -0.4 is 5.32 Å². The summed E-state index contributed by atoms with van der Waals surface area (Å²) in [5.41, 5.74) is 0.838. The Bertz CT molecular complexity index is 610. The van der Waals surface area contributed by atoms with E-state index in [0.29, 0.717) is 31.2 Å². The average molecular weight is 352 g/mol. The van der Waals surface area contributed by atoms with Gasteiger partial charge in [0, 0.05) is 45.0 Å². The Labute approximate surface area is 146 Å². The summed E-state index contributed by atoms with van der Waals surface area (Å²) in [4.78, 5) is 38.8. The zero-order valence-electron chi connectivity index (χ0n) is 13.9. The van der Waals surface area contributed by atoms with Gasteiger partial charge >= 0.3 is 0 Å². The summed E-state index contributed by atoms with van der Waals surface area (Å²) >= 11 is 5.89. The largest absolute Gasteiger partial charge is 0.349 e. The van der Waals surface area contributed by atoms with Crippen molar-refractivity contribution in [2.24, 2.45) is 0 Å². The summed E-state index contributed by atoms with van der Waals surface area (Å²) in [6.45, 7) is 5.10. The molecule has 1 fully saturated rings. The van der Waals surface area contributed by atoms with E-state index in [2.05, 4.69) is 5.32 Å². The Morgan fingerprint density at radius 3 is 2.08 bits per heavy atom. The van der Waals surface area contributed by atoms with Crippen molar-refractivity contribution in [1.29, 1.82) is 0 Å². The smallest absolute Gasteiger partial charge is 0.225 e. The molecule has 1 saturated heterocycles. The summed E-state index contributed by atoms with van der Waals surface area (Å²) in [5.74, 6) is -0.199. The molecule has 0 aliphatic carbocycles. The van der Waals surface area contributed by atoms with Gasteiger partial charge in [0.15, 0.2) is 0 Å². The van der Waals surface area contributed by atoms with Gasteiger partial charge in [-0.15, -0.1) is 0 Å². The highest BCUT2D eigenvalue weighted by Gasteiger charge is 2.25. The highest BCUT2D eigenvalue weighted by atomic mass is 35.5. The molecule has 0 spiro atoms. The van der Waals surface area contributed by atoms with Crippen molar-refractivity contribution >= 4 is 29.3 Å². The molecule has 0 radical (unpaired) electrons. The zero-order valence-corrected chi connectivity index (χ0v) is 14.7. The molecule has 1 aliphatic heterocycles.